The van der Waals surface area contributed by atoms with E-state index in [4.69, 9.17) is 29.0 Å². The Morgan fingerprint density at radius 2 is 1.86 bits per heavy atom. The third-order valence-corrected chi connectivity index (χ3v) is 3.95. The van der Waals surface area contributed by atoms with Crippen molar-refractivity contribution in [1.82, 2.24) is 10.4 Å². The lowest BCUT2D eigenvalue weighted by molar-refractivity contribution is 0.636. The molecule has 0 bridgehead atoms. The van der Waals surface area contributed by atoms with Crippen LogP contribution in [0.1, 0.15) is 17.2 Å². The lowest BCUT2D eigenvalue weighted by Gasteiger charge is -2.18. The fraction of sp³-hybridized carbons (Fsp3) is 0.0625. The molecule has 3 nitrogen and oxygen atoms in total. The molecule has 1 aromatic heterocycles. The third-order valence-electron chi connectivity index (χ3n) is 3.39. The van der Waals surface area contributed by atoms with Gasteiger partial charge in [0.1, 0.15) is 0 Å². The van der Waals surface area contributed by atoms with Crippen molar-refractivity contribution in [2.75, 3.05) is 0 Å². The molecule has 0 aliphatic carbocycles. The van der Waals surface area contributed by atoms with Gasteiger partial charge in [0.25, 0.3) is 0 Å². The highest BCUT2D eigenvalue weighted by molar-refractivity contribution is 6.35. The Hall–Kier alpha value is -1.65. The van der Waals surface area contributed by atoms with E-state index in [9.17, 15) is 0 Å². The van der Waals surface area contributed by atoms with Crippen LogP contribution < -0.4 is 11.3 Å². The summed E-state index contributed by atoms with van der Waals surface area (Å²) in [7, 11) is 0. The molecular weight excluding hydrogens is 305 g/mol. The summed E-state index contributed by atoms with van der Waals surface area (Å²) in [5.74, 6) is 5.72. The summed E-state index contributed by atoms with van der Waals surface area (Å²) in [4.78, 5) is 4.46. The molecule has 3 N–H and O–H groups in total. The molecule has 2 aromatic carbocycles. The molecule has 3 aromatic rings. The Morgan fingerprint density at radius 3 is 2.62 bits per heavy atom. The second kappa shape index (κ2) is 6.00. The zero-order valence-corrected chi connectivity index (χ0v) is 12.6. The fourth-order valence-corrected chi connectivity index (χ4v) is 2.86. The lowest BCUT2D eigenvalue weighted by atomic mass is 9.99. The summed E-state index contributed by atoms with van der Waals surface area (Å²) in [6.45, 7) is 0. The maximum absolute atomic E-state index is 6.27. The van der Waals surface area contributed by atoms with Gasteiger partial charge in [-0.05, 0) is 35.4 Å². The van der Waals surface area contributed by atoms with Crippen LogP contribution in [0.5, 0.6) is 0 Å². The van der Waals surface area contributed by atoms with E-state index in [-0.39, 0.29) is 6.04 Å². The summed E-state index contributed by atoms with van der Waals surface area (Å²) in [6.07, 6.45) is 1.80. The van der Waals surface area contributed by atoms with E-state index >= 15 is 0 Å². The number of hydrogen-bond donors (Lipinski definition) is 2. The van der Waals surface area contributed by atoms with Crippen molar-refractivity contribution >= 4 is 34.1 Å². The number of benzene rings is 2. The maximum atomic E-state index is 6.27. The molecular formula is C16H13Cl2N3. The minimum atomic E-state index is -0.244. The van der Waals surface area contributed by atoms with Crippen LogP contribution in [0.2, 0.25) is 10.0 Å². The number of fused-ring (bicyclic) bond motifs is 1. The van der Waals surface area contributed by atoms with Crippen LogP contribution in [0.3, 0.4) is 0 Å². The number of aromatic nitrogens is 1. The van der Waals surface area contributed by atoms with E-state index in [1.165, 1.54) is 0 Å². The van der Waals surface area contributed by atoms with Crippen molar-refractivity contribution < 1.29 is 0 Å². The molecule has 0 aliphatic heterocycles. The van der Waals surface area contributed by atoms with E-state index in [0.29, 0.717) is 10.0 Å². The SMILES string of the molecule is NNC(c1cnc2ccccc2c1)c1ccc(Cl)cc1Cl. The molecule has 0 radical (unpaired) electrons. The number of nitrogens with one attached hydrogen (secondary N) is 1. The Bertz CT molecular complexity index is 789. The number of halogens is 2. The Balaban J connectivity index is 2.09. The topological polar surface area (TPSA) is 50.9 Å². The van der Waals surface area contributed by atoms with E-state index < -0.39 is 0 Å². The van der Waals surface area contributed by atoms with Crippen LogP contribution >= 0.6 is 23.2 Å². The second-order valence-electron chi connectivity index (χ2n) is 4.73. The molecule has 1 unspecified atom stereocenters. The predicted octanol–water partition coefficient (Wildman–Crippen LogP) is 4.09. The van der Waals surface area contributed by atoms with E-state index in [2.05, 4.69) is 16.5 Å². The summed E-state index contributed by atoms with van der Waals surface area (Å²) in [6, 6.07) is 15.1. The van der Waals surface area contributed by atoms with Gasteiger partial charge < -0.3 is 0 Å². The lowest BCUT2D eigenvalue weighted by Crippen LogP contribution is -2.29. The Morgan fingerprint density at radius 1 is 1.05 bits per heavy atom. The number of rotatable bonds is 3. The first-order valence-corrected chi connectivity index (χ1v) is 7.20. The standard InChI is InChI=1S/C16H13Cl2N3/c17-12-5-6-13(14(18)8-12)16(21-19)11-7-10-3-1-2-4-15(10)20-9-11/h1-9,16,21H,19H2. The van der Waals surface area contributed by atoms with Gasteiger partial charge in [0.2, 0.25) is 0 Å². The van der Waals surface area contributed by atoms with Gasteiger partial charge in [0, 0.05) is 21.6 Å². The summed E-state index contributed by atoms with van der Waals surface area (Å²) >= 11 is 12.2. The van der Waals surface area contributed by atoms with Gasteiger partial charge in [-0.1, -0.05) is 47.5 Å². The van der Waals surface area contributed by atoms with Crippen molar-refractivity contribution in [1.29, 1.82) is 0 Å². The van der Waals surface area contributed by atoms with Crippen molar-refractivity contribution in [2.24, 2.45) is 5.84 Å². The van der Waals surface area contributed by atoms with Crippen LogP contribution in [0.4, 0.5) is 0 Å². The number of nitrogens with two attached hydrogens (primary N) is 1. The van der Waals surface area contributed by atoms with Crippen LogP contribution in [0.15, 0.2) is 54.7 Å². The molecule has 0 aliphatic rings. The molecule has 1 atom stereocenters. The van der Waals surface area contributed by atoms with Crippen LogP contribution in [0.25, 0.3) is 10.9 Å². The van der Waals surface area contributed by atoms with Gasteiger partial charge in [0.05, 0.1) is 11.6 Å². The summed E-state index contributed by atoms with van der Waals surface area (Å²) in [5.41, 5.74) is 5.54. The smallest absolute Gasteiger partial charge is 0.0739 e. The van der Waals surface area contributed by atoms with Crippen LogP contribution in [-0.4, -0.2) is 4.98 Å². The number of pyridine rings is 1. The Kier molecular flexibility index (Phi) is 4.08. The highest BCUT2D eigenvalue weighted by Crippen LogP contribution is 2.30. The van der Waals surface area contributed by atoms with Crippen molar-refractivity contribution in [3.63, 3.8) is 0 Å². The van der Waals surface area contributed by atoms with Crippen molar-refractivity contribution in [3.8, 4) is 0 Å². The van der Waals surface area contributed by atoms with Gasteiger partial charge >= 0.3 is 0 Å². The fourth-order valence-electron chi connectivity index (χ4n) is 2.35. The minimum Gasteiger partial charge on any atom is -0.271 e. The van der Waals surface area contributed by atoms with E-state index in [1.54, 1.807) is 18.3 Å². The van der Waals surface area contributed by atoms with Gasteiger partial charge in [-0.25, -0.2) is 5.43 Å². The van der Waals surface area contributed by atoms with Gasteiger partial charge in [-0.2, -0.15) is 0 Å². The van der Waals surface area contributed by atoms with Gasteiger partial charge in [-0.3, -0.25) is 10.8 Å². The molecule has 21 heavy (non-hydrogen) atoms. The molecule has 0 saturated carbocycles. The molecule has 5 heteroatoms. The molecule has 0 saturated heterocycles. The Labute approximate surface area is 132 Å². The van der Waals surface area contributed by atoms with E-state index in [1.807, 2.05) is 30.3 Å². The number of hydrazine groups is 1. The molecule has 1 heterocycles. The second-order valence-corrected chi connectivity index (χ2v) is 5.57. The highest BCUT2D eigenvalue weighted by Gasteiger charge is 2.16. The number of nitrogens with zero attached hydrogens (tertiary/aromatic N) is 1. The first kappa shape index (κ1) is 14.3. The molecule has 0 spiro atoms. The van der Waals surface area contributed by atoms with Gasteiger partial charge in [0.15, 0.2) is 0 Å². The zero-order chi connectivity index (χ0) is 14.8. The largest absolute Gasteiger partial charge is 0.271 e. The zero-order valence-electron chi connectivity index (χ0n) is 11.1. The first-order valence-electron chi connectivity index (χ1n) is 6.45. The average molecular weight is 318 g/mol. The van der Waals surface area contributed by atoms with Crippen molar-refractivity contribution in [3.05, 3.63) is 75.9 Å². The normalized spacial score (nSPS) is 12.5. The van der Waals surface area contributed by atoms with Crippen LogP contribution in [0, 0.1) is 0 Å². The molecule has 3 rings (SSSR count). The number of para-hydroxylation sites is 1. The third kappa shape index (κ3) is 2.87. The average Bonchev–Trinajstić information content (AvgIpc) is 2.50. The molecule has 0 fully saturated rings. The number of hydrogen-bond acceptors (Lipinski definition) is 3. The quantitative estimate of drug-likeness (QED) is 0.565. The van der Waals surface area contributed by atoms with Crippen LogP contribution in [-0.2, 0) is 0 Å². The van der Waals surface area contributed by atoms with Crippen molar-refractivity contribution in [2.45, 2.75) is 6.04 Å². The predicted molar refractivity (Wildman–Crippen MR) is 87.4 cm³/mol. The highest BCUT2D eigenvalue weighted by atomic mass is 35.5. The monoisotopic (exact) mass is 317 g/mol. The summed E-state index contributed by atoms with van der Waals surface area (Å²) in [5, 5.41) is 2.22. The maximum Gasteiger partial charge on any atom is 0.0739 e. The molecule has 106 valence electrons. The summed E-state index contributed by atoms with van der Waals surface area (Å²) < 4.78 is 0. The molecule has 0 amide bonds. The minimum absolute atomic E-state index is 0.244. The van der Waals surface area contributed by atoms with Gasteiger partial charge in [-0.15, -0.1) is 0 Å². The first-order chi connectivity index (χ1) is 10.2. The van der Waals surface area contributed by atoms with E-state index in [0.717, 1.165) is 22.0 Å².